The number of benzene rings is 8. The van der Waals surface area contributed by atoms with Crippen LogP contribution in [0.4, 0.5) is 0 Å². The van der Waals surface area contributed by atoms with Crippen LogP contribution in [0, 0.1) is 0 Å². The lowest BCUT2D eigenvalue weighted by Crippen LogP contribution is -1.93. The van der Waals surface area contributed by atoms with Gasteiger partial charge in [0.2, 0.25) is 0 Å². The molecular formula is C48H26N2. The topological polar surface area (TPSA) is 25.8 Å². The quantitative estimate of drug-likeness (QED) is 0.178. The maximum atomic E-state index is 5.10. The summed E-state index contributed by atoms with van der Waals surface area (Å²) in [5.74, 6) is 0. The molecule has 0 N–H and O–H groups in total. The molecule has 0 spiro atoms. The lowest BCUT2D eigenvalue weighted by molar-refractivity contribution is 1.41. The normalized spacial score (nSPS) is 12.4. The predicted molar refractivity (Wildman–Crippen MR) is 209 cm³/mol. The molecule has 0 amide bonds. The number of hydrogen-bond acceptors (Lipinski definition) is 2. The number of pyridine rings is 2. The van der Waals surface area contributed by atoms with E-state index in [1.54, 1.807) is 0 Å². The zero-order chi connectivity index (χ0) is 32.5. The first-order valence-electron chi connectivity index (χ1n) is 17.2. The summed E-state index contributed by atoms with van der Waals surface area (Å²) < 4.78 is 0. The Hall–Kier alpha value is -6.64. The number of nitrogens with zero attached hydrogens (tertiary/aromatic N) is 2. The predicted octanol–water partition coefficient (Wildman–Crippen LogP) is 12.9. The molecule has 0 bridgehead atoms. The summed E-state index contributed by atoms with van der Waals surface area (Å²) in [6.07, 6.45) is 3.85. The van der Waals surface area contributed by atoms with Crippen LogP contribution in [0.2, 0.25) is 0 Å². The molecule has 0 saturated heterocycles. The van der Waals surface area contributed by atoms with Crippen LogP contribution in [0.25, 0.3) is 121 Å². The smallest absolute Gasteiger partial charge is 0.0787 e. The van der Waals surface area contributed by atoms with Crippen molar-refractivity contribution in [1.29, 1.82) is 0 Å². The highest BCUT2D eigenvalue weighted by Gasteiger charge is 2.25. The van der Waals surface area contributed by atoms with Crippen molar-refractivity contribution in [3.05, 3.63) is 158 Å². The second kappa shape index (κ2) is 9.49. The Morgan fingerprint density at radius 1 is 0.240 bits per heavy atom. The van der Waals surface area contributed by atoms with Crippen molar-refractivity contribution in [3.63, 3.8) is 0 Å². The van der Waals surface area contributed by atoms with Gasteiger partial charge in [-0.25, -0.2) is 0 Å². The van der Waals surface area contributed by atoms with Crippen LogP contribution in [0.1, 0.15) is 0 Å². The minimum atomic E-state index is 0.999. The summed E-state index contributed by atoms with van der Waals surface area (Å²) in [4.78, 5) is 10.2. The Bertz CT molecular complexity index is 2880. The van der Waals surface area contributed by atoms with E-state index >= 15 is 0 Å². The summed E-state index contributed by atoms with van der Waals surface area (Å²) in [5.41, 5.74) is 17.3. The van der Waals surface area contributed by atoms with Gasteiger partial charge < -0.3 is 0 Å². The van der Waals surface area contributed by atoms with Crippen molar-refractivity contribution >= 4 is 54.1 Å². The molecule has 2 aliphatic rings. The summed E-state index contributed by atoms with van der Waals surface area (Å²) in [7, 11) is 0. The summed E-state index contributed by atoms with van der Waals surface area (Å²) in [6, 6.07) is 53.6. The average Bonchev–Trinajstić information content (AvgIpc) is 3.69. The molecule has 0 fully saturated rings. The van der Waals surface area contributed by atoms with E-state index in [0.717, 1.165) is 32.6 Å². The van der Waals surface area contributed by atoms with E-state index in [2.05, 4.69) is 146 Å². The fourth-order valence-electron chi connectivity index (χ4n) is 9.20. The average molecular weight is 631 g/mol. The second-order valence-electron chi connectivity index (χ2n) is 13.6. The van der Waals surface area contributed by atoms with Gasteiger partial charge in [-0.3, -0.25) is 9.97 Å². The van der Waals surface area contributed by atoms with Gasteiger partial charge in [-0.2, -0.15) is 0 Å². The second-order valence-corrected chi connectivity index (χ2v) is 13.6. The van der Waals surface area contributed by atoms with E-state index in [4.69, 9.17) is 9.97 Å². The molecule has 0 saturated carbocycles. The number of fused-ring (bicyclic) bond motifs is 11. The maximum absolute atomic E-state index is 5.10. The van der Waals surface area contributed by atoms with Crippen molar-refractivity contribution < 1.29 is 0 Å². The minimum Gasteiger partial charge on any atom is -0.256 e. The van der Waals surface area contributed by atoms with Crippen LogP contribution in [-0.2, 0) is 0 Å². The van der Waals surface area contributed by atoms with Gasteiger partial charge in [-0.05, 0) is 113 Å². The van der Waals surface area contributed by atoms with Gasteiger partial charge in [0, 0.05) is 33.9 Å². The summed E-state index contributed by atoms with van der Waals surface area (Å²) in [6.45, 7) is 0. The fourth-order valence-corrected chi connectivity index (χ4v) is 9.20. The van der Waals surface area contributed by atoms with E-state index in [1.165, 1.54) is 88.3 Å². The first-order valence-corrected chi connectivity index (χ1v) is 17.2. The number of rotatable bonds is 2. The molecule has 50 heavy (non-hydrogen) atoms. The van der Waals surface area contributed by atoms with Crippen molar-refractivity contribution in [2.45, 2.75) is 0 Å². The van der Waals surface area contributed by atoms with Crippen LogP contribution >= 0.6 is 0 Å². The van der Waals surface area contributed by atoms with Crippen molar-refractivity contribution in [2.24, 2.45) is 0 Å². The molecule has 10 aromatic rings. The lowest BCUT2D eigenvalue weighted by atomic mass is 9.87. The molecule has 0 radical (unpaired) electrons. The van der Waals surface area contributed by atoms with Gasteiger partial charge in [0.15, 0.2) is 0 Å². The van der Waals surface area contributed by atoms with E-state index in [-0.39, 0.29) is 0 Å². The van der Waals surface area contributed by atoms with E-state index < -0.39 is 0 Å². The maximum Gasteiger partial charge on any atom is 0.0787 e. The van der Waals surface area contributed by atoms with Crippen LogP contribution < -0.4 is 0 Å². The Labute approximate surface area is 287 Å². The monoisotopic (exact) mass is 630 g/mol. The molecule has 8 aromatic carbocycles. The van der Waals surface area contributed by atoms with Gasteiger partial charge in [0.1, 0.15) is 0 Å². The highest BCUT2D eigenvalue weighted by Crippen LogP contribution is 2.52. The van der Waals surface area contributed by atoms with Crippen LogP contribution in [-0.4, -0.2) is 9.97 Å². The molecule has 0 atom stereocenters. The largest absolute Gasteiger partial charge is 0.256 e. The highest BCUT2D eigenvalue weighted by atomic mass is 14.7. The molecule has 12 rings (SSSR count). The lowest BCUT2D eigenvalue weighted by Gasteiger charge is -2.17. The first-order chi connectivity index (χ1) is 24.8. The molecule has 0 unspecified atom stereocenters. The first kappa shape index (κ1) is 26.3. The molecule has 2 aliphatic carbocycles. The Kier molecular flexibility index (Phi) is 5.00. The molecular weight excluding hydrogens is 605 g/mol. The zero-order valence-electron chi connectivity index (χ0n) is 26.9. The molecule has 0 aliphatic heterocycles. The molecule has 2 heterocycles. The Balaban J connectivity index is 1.16. The number of aromatic nitrogens is 2. The molecule has 228 valence electrons. The van der Waals surface area contributed by atoms with E-state index in [0.29, 0.717) is 0 Å². The molecule has 2 heteroatoms. The Morgan fingerprint density at radius 2 is 0.600 bits per heavy atom. The van der Waals surface area contributed by atoms with Crippen LogP contribution in [0.15, 0.2) is 158 Å². The zero-order valence-corrected chi connectivity index (χ0v) is 26.9. The van der Waals surface area contributed by atoms with Crippen molar-refractivity contribution in [3.8, 4) is 66.8 Å². The standard InChI is InChI=1S/C48H26N2/c1-3-11-29-27(9-1)33-13-5-15-35-31(19-21-37(29)45(33)35)41-25-43-44(47-39(41)17-7-23-49-47)26-42(40-18-8-24-50-48(40)43)32-20-22-38-30-12-4-2-10-28(30)34-14-6-16-36(32)46(34)38/h1-26H. The van der Waals surface area contributed by atoms with E-state index in [1.807, 2.05) is 12.4 Å². The SMILES string of the molecule is c1ccc2c(c1)-c1cccc3c(-c4cc5c(cc(-c6ccc7c8c(cccc68)-c6ccccc6-7)c6cccnc65)c5ncccc45)ccc-2c13. The van der Waals surface area contributed by atoms with Gasteiger partial charge in [-0.15, -0.1) is 0 Å². The van der Waals surface area contributed by atoms with Gasteiger partial charge in [0.05, 0.1) is 11.0 Å². The van der Waals surface area contributed by atoms with Gasteiger partial charge in [0.25, 0.3) is 0 Å². The number of hydrogen-bond donors (Lipinski definition) is 0. The van der Waals surface area contributed by atoms with Gasteiger partial charge in [-0.1, -0.05) is 121 Å². The minimum absolute atomic E-state index is 0.999. The third kappa shape index (κ3) is 3.28. The van der Waals surface area contributed by atoms with E-state index in [9.17, 15) is 0 Å². The van der Waals surface area contributed by atoms with Crippen LogP contribution in [0.5, 0.6) is 0 Å². The highest BCUT2D eigenvalue weighted by molar-refractivity contribution is 6.27. The molecule has 2 aromatic heterocycles. The Morgan fingerprint density at radius 3 is 1.04 bits per heavy atom. The summed E-state index contributed by atoms with van der Waals surface area (Å²) >= 11 is 0. The third-order valence-corrected chi connectivity index (χ3v) is 11.2. The van der Waals surface area contributed by atoms with Crippen molar-refractivity contribution in [2.75, 3.05) is 0 Å². The molecule has 2 nitrogen and oxygen atoms in total. The van der Waals surface area contributed by atoms with Crippen LogP contribution in [0.3, 0.4) is 0 Å². The third-order valence-electron chi connectivity index (χ3n) is 11.2. The van der Waals surface area contributed by atoms with Crippen molar-refractivity contribution in [1.82, 2.24) is 9.97 Å². The summed E-state index contributed by atoms with van der Waals surface area (Å²) in [5, 5.41) is 9.73. The van der Waals surface area contributed by atoms with Gasteiger partial charge >= 0.3 is 0 Å². The fraction of sp³-hybridized carbons (Fsp3) is 0.